The number of rotatable bonds is 10. The van der Waals surface area contributed by atoms with Crippen molar-refractivity contribution in [3.8, 4) is 0 Å². The molecular weight excluding hydrogens is 278 g/mol. The summed E-state index contributed by atoms with van der Waals surface area (Å²) in [6, 6.07) is 1.72. The van der Waals surface area contributed by atoms with E-state index in [1.54, 1.807) is 6.07 Å². The number of nitrogens with zero attached hydrogens (tertiary/aromatic N) is 2. The van der Waals surface area contributed by atoms with Gasteiger partial charge in [-0.2, -0.15) is 0 Å². The average Bonchev–Trinajstić information content (AvgIpc) is 2.99. The predicted octanol–water partition coefficient (Wildman–Crippen LogP) is 3.26. The van der Waals surface area contributed by atoms with Crippen LogP contribution in [0, 0.1) is 0 Å². The Morgan fingerprint density at radius 3 is 2.64 bits per heavy atom. The van der Waals surface area contributed by atoms with Crippen LogP contribution in [0.1, 0.15) is 69.6 Å². The maximum absolute atomic E-state index is 12.2. The fraction of sp³-hybridized carbons (Fsp3) is 0.765. The molecule has 0 bridgehead atoms. The first kappa shape index (κ1) is 18.7. The van der Waals surface area contributed by atoms with E-state index in [1.807, 2.05) is 6.92 Å². The van der Waals surface area contributed by atoms with Crippen LogP contribution in [0.2, 0.25) is 0 Å². The highest BCUT2D eigenvalue weighted by Gasteiger charge is 2.29. The predicted molar refractivity (Wildman–Crippen MR) is 89.1 cm³/mol. The van der Waals surface area contributed by atoms with E-state index < -0.39 is 0 Å². The molecule has 0 aliphatic carbocycles. The molecule has 22 heavy (non-hydrogen) atoms. The minimum absolute atomic E-state index is 0.0309. The summed E-state index contributed by atoms with van der Waals surface area (Å²) in [7, 11) is 2.14. The van der Waals surface area contributed by atoms with Gasteiger partial charge in [-0.15, -0.1) is 0 Å². The van der Waals surface area contributed by atoms with Crippen molar-refractivity contribution in [1.29, 1.82) is 0 Å². The smallest absolute Gasteiger partial charge is 0.273 e. The first-order chi connectivity index (χ1) is 10.5. The number of aromatic nitrogens is 1. The second-order valence-electron chi connectivity index (χ2n) is 6.24. The molecule has 0 aliphatic rings. The molecule has 1 rings (SSSR count). The minimum atomic E-state index is -0.158. The fourth-order valence-corrected chi connectivity index (χ4v) is 2.57. The highest BCUT2D eigenvalue weighted by molar-refractivity contribution is 5.92. The molecule has 0 fully saturated rings. The van der Waals surface area contributed by atoms with Crippen molar-refractivity contribution in [1.82, 2.24) is 15.4 Å². The van der Waals surface area contributed by atoms with E-state index in [4.69, 9.17) is 4.52 Å². The van der Waals surface area contributed by atoms with Gasteiger partial charge in [0.25, 0.3) is 5.91 Å². The second kappa shape index (κ2) is 8.93. The Balaban J connectivity index is 2.64. The summed E-state index contributed by atoms with van der Waals surface area (Å²) in [5.41, 5.74) is 0.337. The molecule has 5 heteroatoms. The Bertz CT molecular complexity index is 459. The van der Waals surface area contributed by atoms with Gasteiger partial charge >= 0.3 is 0 Å². The van der Waals surface area contributed by atoms with Crippen LogP contribution in [0.5, 0.6) is 0 Å². The van der Waals surface area contributed by atoms with Crippen molar-refractivity contribution in [2.75, 3.05) is 20.1 Å². The molecule has 1 atom stereocenters. The zero-order valence-corrected chi connectivity index (χ0v) is 14.7. The van der Waals surface area contributed by atoms with E-state index in [-0.39, 0.29) is 11.4 Å². The first-order valence-electron chi connectivity index (χ1n) is 8.41. The minimum Gasteiger partial charge on any atom is -0.361 e. The summed E-state index contributed by atoms with van der Waals surface area (Å²) in [5, 5.41) is 6.84. The van der Waals surface area contributed by atoms with E-state index in [0.717, 1.165) is 31.6 Å². The molecule has 1 heterocycles. The highest BCUT2D eigenvalue weighted by Crippen LogP contribution is 2.20. The second-order valence-corrected chi connectivity index (χ2v) is 6.24. The van der Waals surface area contributed by atoms with Crippen molar-refractivity contribution in [2.24, 2.45) is 0 Å². The SMILES string of the molecule is CCCCN(C)C(C)(CCC)CNC(=O)c1cc(CC)on1. The molecule has 0 spiro atoms. The van der Waals surface area contributed by atoms with Crippen molar-refractivity contribution in [3.63, 3.8) is 0 Å². The van der Waals surface area contributed by atoms with Crippen LogP contribution >= 0.6 is 0 Å². The van der Waals surface area contributed by atoms with Crippen LogP contribution < -0.4 is 5.32 Å². The molecule has 5 nitrogen and oxygen atoms in total. The third-order valence-electron chi connectivity index (χ3n) is 4.33. The number of carbonyl (C=O) groups is 1. The summed E-state index contributed by atoms with van der Waals surface area (Å²) in [5.74, 6) is 0.580. The first-order valence-corrected chi connectivity index (χ1v) is 8.41. The van der Waals surface area contributed by atoms with Gasteiger partial charge in [-0.25, -0.2) is 0 Å². The molecule has 0 radical (unpaired) electrons. The average molecular weight is 309 g/mol. The molecule has 0 aromatic carbocycles. The van der Waals surface area contributed by atoms with Crippen LogP contribution in [0.4, 0.5) is 0 Å². The zero-order valence-electron chi connectivity index (χ0n) is 14.7. The van der Waals surface area contributed by atoms with E-state index in [9.17, 15) is 4.79 Å². The lowest BCUT2D eigenvalue weighted by Gasteiger charge is -2.39. The number of aryl methyl sites for hydroxylation is 1. The van der Waals surface area contributed by atoms with E-state index in [2.05, 4.69) is 43.2 Å². The Kier molecular flexibility index (Phi) is 7.59. The summed E-state index contributed by atoms with van der Waals surface area (Å²) in [6.45, 7) is 10.2. The van der Waals surface area contributed by atoms with Crippen LogP contribution in [0.25, 0.3) is 0 Å². The number of hydrogen-bond acceptors (Lipinski definition) is 4. The third-order valence-corrected chi connectivity index (χ3v) is 4.33. The van der Waals surface area contributed by atoms with Gasteiger partial charge in [-0.3, -0.25) is 9.69 Å². The van der Waals surface area contributed by atoms with Crippen LogP contribution in [-0.2, 0) is 6.42 Å². The molecule has 1 aromatic rings. The van der Waals surface area contributed by atoms with Gasteiger partial charge in [0.2, 0.25) is 0 Å². The molecule has 1 N–H and O–H groups in total. The van der Waals surface area contributed by atoms with Gasteiger partial charge in [0.15, 0.2) is 5.69 Å². The Labute approximate surface area is 134 Å². The largest absolute Gasteiger partial charge is 0.361 e. The normalized spacial score (nSPS) is 14.1. The van der Waals surface area contributed by atoms with Gasteiger partial charge in [0, 0.05) is 24.6 Å². The van der Waals surface area contributed by atoms with Crippen molar-refractivity contribution in [3.05, 3.63) is 17.5 Å². The number of carbonyl (C=O) groups excluding carboxylic acids is 1. The van der Waals surface area contributed by atoms with Gasteiger partial charge < -0.3 is 9.84 Å². The maximum atomic E-state index is 12.2. The van der Waals surface area contributed by atoms with Gasteiger partial charge in [-0.1, -0.05) is 38.8 Å². The lowest BCUT2D eigenvalue weighted by Crippen LogP contribution is -2.52. The standard InChI is InChI=1S/C17H31N3O2/c1-6-9-11-20(5)17(4,10-7-2)13-18-16(21)15-12-14(8-3)22-19-15/h12H,6-11,13H2,1-5H3,(H,18,21). The van der Waals surface area contributed by atoms with Crippen LogP contribution in [0.15, 0.2) is 10.6 Å². The van der Waals surface area contributed by atoms with Gasteiger partial charge in [0.05, 0.1) is 0 Å². The van der Waals surface area contributed by atoms with Crippen LogP contribution in [-0.4, -0.2) is 41.6 Å². The van der Waals surface area contributed by atoms with E-state index >= 15 is 0 Å². The maximum Gasteiger partial charge on any atom is 0.273 e. The van der Waals surface area contributed by atoms with Crippen LogP contribution in [0.3, 0.4) is 0 Å². The number of unbranched alkanes of at least 4 members (excludes halogenated alkanes) is 1. The Morgan fingerprint density at radius 1 is 1.36 bits per heavy atom. The summed E-state index contributed by atoms with van der Waals surface area (Å²) < 4.78 is 5.09. The molecule has 0 aliphatic heterocycles. The van der Waals surface area contributed by atoms with E-state index in [1.165, 1.54) is 12.8 Å². The quantitative estimate of drug-likeness (QED) is 0.721. The monoisotopic (exact) mass is 309 g/mol. The lowest BCUT2D eigenvalue weighted by molar-refractivity contribution is 0.0856. The molecule has 1 unspecified atom stereocenters. The molecule has 126 valence electrons. The number of nitrogens with one attached hydrogen (secondary N) is 1. The zero-order chi connectivity index (χ0) is 16.6. The molecule has 0 saturated heterocycles. The lowest BCUT2D eigenvalue weighted by atomic mass is 9.93. The summed E-state index contributed by atoms with van der Waals surface area (Å²) in [6.07, 6.45) is 5.23. The van der Waals surface area contributed by atoms with E-state index in [0.29, 0.717) is 12.2 Å². The topological polar surface area (TPSA) is 58.4 Å². The third kappa shape index (κ3) is 5.13. The van der Waals surface area contributed by atoms with Gasteiger partial charge in [0.1, 0.15) is 5.76 Å². The molecule has 0 saturated carbocycles. The number of amides is 1. The fourth-order valence-electron chi connectivity index (χ4n) is 2.57. The summed E-state index contributed by atoms with van der Waals surface area (Å²) >= 11 is 0. The number of likely N-dealkylation sites (N-methyl/N-ethyl adjacent to an activating group) is 1. The number of hydrogen-bond donors (Lipinski definition) is 1. The molecular formula is C17H31N3O2. The summed E-state index contributed by atoms with van der Waals surface area (Å²) in [4.78, 5) is 14.6. The van der Waals surface area contributed by atoms with Crippen molar-refractivity contribution >= 4 is 5.91 Å². The Morgan fingerprint density at radius 2 is 2.09 bits per heavy atom. The Hall–Kier alpha value is -1.36. The molecule has 1 amide bonds. The molecule has 1 aromatic heterocycles. The van der Waals surface area contributed by atoms with Crippen molar-refractivity contribution < 1.29 is 9.32 Å². The van der Waals surface area contributed by atoms with Gasteiger partial charge in [-0.05, 0) is 33.4 Å². The highest BCUT2D eigenvalue weighted by atomic mass is 16.5. The van der Waals surface area contributed by atoms with Crippen molar-refractivity contribution in [2.45, 2.75) is 65.3 Å².